The van der Waals surface area contributed by atoms with Crippen molar-refractivity contribution in [1.82, 2.24) is 4.90 Å². The predicted octanol–water partition coefficient (Wildman–Crippen LogP) is 11.9. The van der Waals surface area contributed by atoms with Gasteiger partial charge >= 0.3 is 6.09 Å². The molecular weight excluding hydrogens is 1130 g/mol. The number of likely N-dealkylation sites (tertiary alicyclic amines) is 1. The minimum absolute atomic E-state index is 0.00707. The lowest BCUT2D eigenvalue weighted by atomic mass is 9.74. The number of amides is 1. The van der Waals surface area contributed by atoms with E-state index in [1.165, 1.54) is 4.90 Å². The Kier molecular flexibility index (Phi) is 22.6. The Morgan fingerprint density at radius 3 is 1.19 bits per heavy atom. The van der Waals surface area contributed by atoms with Crippen LogP contribution >= 0.6 is 0 Å². The molecule has 0 radical (unpaired) electrons. The first-order chi connectivity index (χ1) is 43.8. The third kappa shape index (κ3) is 16.7. The van der Waals surface area contributed by atoms with Gasteiger partial charge in [0.2, 0.25) is 0 Å². The van der Waals surface area contributed by atoms with Crippen LogP contribution in [0.15, 0.2) is 243 Å². The quantitative estimate of drug-likeness (QED) is 0.0455. The Labute approximate surface area is 521 Å². The molecule has 0 aromatic heterocycles. The summed E-state index contributed by atoms with van der Waals surface area (Å²) in [6.07, 6.45) is -13.3. The van der Waals surface area contributed by atoms with E-state index in [-0.39, 0.29) is 72.6 Å². The van der Waals surface area contributed by atoms with Crippen molar-refractivity contribution in [3.63, 3.8) is 0 Å². The van der Waals surface area contributed by atoms with Crippen molar-refractivity contribution in [3.05, 3.63) is 287 Å². The van der Waals surface area contributed by atoms with Gasteiger partial charge in [-0.2, -0.15) is 0 Å². The van der Waals surface area contributed by atoms with Crippen molar-refractivity contribution >= 4 is 6.09 Å². The second-order valence-corrected chi connectivity index (χ2v) is 22.8. The normalized spacial score (nSPS) is 26.0. The summed E-state index contributed by atoms with van der Waals surface area (Å²) in [4.78, 5) is 14.8. The molecule has 0 spiro atoms. The lowest BCUT2D eigenvalue weighted by Crippen LogP contribution is -2.78. The molecule has 0 unspecified atom stereocenters. The van der Waals surface area contributed by atoms with Crippen LogP contribution in [0.1, 0.15) is 51.4 Å². The number of aliphatic hydroxyl groups is 1. The van der Waals surface area contributed by atoms with E-state index in [4.69, 9.17) is 52.1 Å². The molecule has 3 aliphatic heterocycles. The molecule has 464 valence electrons. The third-order valence-corrected chi connectivity index (χ3v) is 16.6. The zero-order valence-electron chi connectivity index (χ0n) is 50.0. The first-order valence-corrected chi connectivity index (χ1v) is 30.6. The molecule has 0 aliphatic carbocycles. The number of carbonyl (C=O) groups is 1. The average molecular weight is 1210 g/mol. The van der Waals surface area contributed by atoms with Crippen molar-refractivity contribution in [2.45, 2.75) is 139 Å². The fraction of sp³-hybridized carbons (Fsp3) is 0.338. The van der Waals surface area contributed by atoms with Gasteiger partial charge < -0.3 is 62.3 Å². The molecule has 3 fully saturated rings. The second-order valence-electron chi connectivity index (χ2n) is 22.8. The molecule has 0 bridgehead atoms. The van der Waals surface area contributed by atoms with Crippen molar-refractivity contribution in [1.29, 1.82) is 0 Å². The van der Waals surface area contributed by atoms with Crippen molar-refractivity contribution in [2.24, 2.45) is 0 Å². The summed E-state index contributed by atoms with van der Waals surface area (Å²) in [5.41, 5.74) is 4.79. The van der Waals surface area contributed by atoms with E-state index in [2.05, 4.69) is 0 Å². The van der Waals surface area contributed by atoms with E-state index >= 15 is 0 Å². The first-order valence-electron chi connectivity index (χ1n) is 30.6. The van der Waals surface area contributed by atoms with E-state index in [1.807, 2.05) is 250 Å². The van der Waals surface area contributed by atoms with Gasteiger partial charge in [-0.3, -0.25) is 4.90 Å². The van der Waals surface area contributed by atoms with Gasteiger partial charge in [-0.25, -0.2) is 4.79 Å². The highest BCUT2D eigenvalue weighted by Gasteiger charge is 2.67. The van der Waals surface area contributed by atoms with Gasteiger partial charge in [-0.1, -0.05) is 243 Å². The van der Waals surface area contributed by atoms with Crippen molar-refractivity contribution in [3.8, 4) is 0 Å². The summed E-state index contributed by atoms with van der Waals surface area (Å²) >= 11 is 0. The van der Waals surface area contributed by atoms with Crippen LogP contribution in [-0.2, 0) is 105 Å². The summed E-state index contributed by atoms with van der Waals surface area (Å²) < 4.78 is 78.1. The molecule has 3 heterocycles. The summed E-state index contributed by atoms with van der Waals surface area (Å²) in [5, 5.41) is 26.0. The monoisotopic (exact) mass is 1210 g/mol. The van der Waals surface area contributed by atoms with Crippen molar-refractivity contribution < 1.29 is 67.1 Å². The molecule has 89 heavy (non-hydrogen) atoms. The first kappa shape index (κ1) is 63.1. The highest BCUT2D eigenvalue weighted by molar-refractivity contribution is 5.66. The summed E-state index contributed by atoms with van der Waals surface area (Å²) in [7, 11) is 0. The zero-order chi connectivity index (χ0) is 61.0. The summed E-state index contributed by atoms with van der Waals surface area (Å²) in [5.74, 6) is 0. The third-order valence-electron chi connectivity index (χ3n) is 16.6. The van der Waals surface area contributed by atoms with Crippen LogP contribution in [0.25, 0.3) is 0 Å². The van der Waals surface area contributed by atoms with Crippen LogP contribution in [0.5, 0.6) is 0 Å². The number of ether oxygens (including phenoxy) is 11. The van der Waals surface area contributed by atoms with E-state index in [0.717, 1.165) is 44.5 Å². The minimum Gasteiger partial charge on any atom is -0.465 e. The fourth-order valence-electron chi connectivity index (χ4n) is 12.0. The topological polar surface area (TPSA) is 162 Å². The van der Waals surface area contributed by atoms with Gasteiger partial charge in [-0.15, -0.1) is 0 Å². The standard InChI is InChI=1S/C74H79NO14/c1-53-65(82-46-57-32-16-5-17-33-57)67(83-47-58-34-18-6-19-35-58)68(84-48-59-36-20-7-21-37-59)71(87-53)74(78)64(52-80-44-55-28-12-3-13-29-55)88-72(69(85-49-60-38-22-8-23-39-60)70(74)86-50-61-40-24-9-25-41-61)89-66-62(51-79-43-54-26-10-2-11-27-54)75(73(76)77)42-63(66)81-45-56-30-14-4-15-31-56/h2-41,53,62-72,78H,42-52H2,1H3,(H,76,77)/t53-,62-,63-,64-,65-,66-,67+,68-,69-,70-,71-,72+,74-/m1/s1. The van der Waals surface area contributed by atoms with Gasteiger partial charge in [0.25, 0.3) is 0 Å². The second kappa shape index (κ2) is 31.8. The average Bonchev–Trinajstić information content (AvgIpc) is 1.14. The van der Waals surface area contributed by atoms with Crippen LogP contribution in [-0.4, -0.2) is 120 Å². The molecule has 3 aliphatic rings. The maximum atomic E-state index is 15.0. The van der Waals surface area contributed by atoms with Gasteiger partial charge in [0.15, 0.2) is 11.9 Å². The lowest BCUT2D eigenvalue weighted by Gasteiger charge is -2.58. The maximum absolute atomic E-state index is 15.0. The van der Waals surface area contributed by atoms with Crippen LogP contribution in [0.2, 0.25) is 0 Å². The van der Waals surface area contributed by atoms with E-state index in [1.54, 1.807) is 0 Å². The van der Waals surface area contributed by atoms with Gasteiger partial charge in [0, 0.05) is 0 Å². The molecular formula is C74H79NO14. The number of rotatable bonds is 29. The van der Waals surface area contributed by atoms with Crippen LogP contribution < -0.4 is 0 Å². The van der Waals surface area contributed by atoms with E-state index in [9.17, 15) is 15.0 Å². The van der Waals surface area contributed by atoms with E-state index < -0.39 is 85.1 Å². The Bertz CT molecular complexity index is 3310. The molecule has 2 N–H and O–H groups in total. The number of hydrogen-bond donors (Lipinski definition) is 2. The van der Waals surface area contributed by atoms with Gasteiger partial charge in [-0.05, 0) is 51.4 Å². The molecule has 0 saturated carbocycles. The Morgan fingerprint density at radius 2 is 0.775 bits per heavy atom. The molecule has 8 aromatic carbocycles. The predicted molar refractivity (Wildman–Crippen MR) is 334 cm³/mol. The van der Waals surface area contributed by atoms with E-state index in [0.29, 0.717) is 0 Å². The Morgan fingerprint density at radius 1 is 0.427 bits per heavy atom. The molecule has 13 atom stereocenters. The van der Waals surface area contributed by atoms with Gasteiger partial charge in [0.1, 0.15) is 54.9 Å². The molecule has 8 aromatic rings. The molecule has 15 nitrogen and oxygen atoms in total. The molecule has 15 heteroatoms. The summed E-state index contributed by atoms with van der Waals surface area (Å²) in [6, 6.07) is 77.2. The number of hydrogen-bond acceptors (Lipinski definition) is 13. The Balaban J connectivity index is 1.04. The molecule has 3 saturated heterocycles. The van der Waals surface area contributed by atoms with Crippen LogP contribution in [0.4, 0.5) is 4.79 Å². The number of nitrogens with zero attached hydrogens (tertiary/aromatic N) is 1. The lowest BCUT2D eigenvalue weighted by molar-refractivity contribution is -0.394. The molecule has 1 amide bonds. The zero-order valence-corrected chi connectivity index (χ0v) is 50.0. The SMILES string of the molecule is C[C@H]1O[C@@H]([C@]2(O)[C@H](OCc3ccccc3)[C@@H](OCc3ccccc3)[C@H](O[C@@H]3[C@@H](COCc4ccccc4)N(C(=O)O)C[C@H]3OCc3ccccc3)O[C@@H]2COCc2ccccc2)[C@H](OCc2ccccc2)[C@@H](OCc2ccccc2)[C@@H]1OCc1ccccc1. The maximum Gasteiger partial charge on any atom is 0.407 e. The highest BCUT2D eigenvalue weighted by atomic mass is 16.7. The van der Waals surface area contributed by atoms with Gasteiger partial charge in [0.05, 0.1) is 84.8 Å². The fourth-order valence-corrected chi connectivity index (χ4v) is 12.0. The number of carboxylic acid groups (broad SMARTS) is 1. The van der Waals surface area contributed by atoms with Crippen LogP contribution in [0, 0.1) is 0 Å². The smallest absolute Gasteiger partial charge is 0.407 e. The number of benzene rings is 8. The minimum atomic E-state index is -2.26. The summed E-state index contributed by atoms with van der Waals surface area (Å²) in [6.45, 7) is 2.59. The molecule has 11 rings (SSSR count). The van der Waals surface area contributed by atoms with Crippen LogP contribution in [0.3, 0.4) is 0 Å². The van der Waals surface area contributed by atoms with Crippen molar-refractivity contribution in [2.75, 3.05) is 19.8 Å². The largest absolute Gasteiger partial charge is 0.465 e. The Hall–Kier alpha value is -7.45. The highest BCUT2D eigenvalue weighted by Crippen LogP contribution is 2.46.